The molecule has 0 aliphatic heterocycles. The van der Waals surface area contributed by atoms with E-state index in [0.717, 1.165) is 12.1 Å². The van der Waals surface area contributed by atoms with E-state index in [1.54, 1.807) is 0 Å². The second-order valence-corrected chi connectivity index (χ2v) is 8.77. The van der Waals surface area contributed by atoms with Gasteiger partial charge < -0.3 is 18.9 Å². The van der Waals surface area contributed by atoms with Crippen LogP contribution < -0.4 is 0 Å². The summed E-state index contributed by atoms with van der Waals surface area (Å²) in [6.07, 6.45) is 3.80. The van der Waals surface area contributed by atoms with E-state index in [2.05, 4.69) is 6.92 Å². The van der Waals surface area contributed by atoms with Crippen molar-refractivity contribution < 1.29 is 18.9 Å². The molecule has 0 N–H and O–H groups in total. The van der Waals surface area contributed by atoms with Crippen LogP contribution in [0.2, 0.25) is 18.1 Å². The minimum Gasteiger partial charge on any atom is -0.353 e. The smallest absolute Gasteiger partial charge is 0.154 e. The summed E-state index contributed by atoms with van der Waals surface area (Å²) in [5.41, 5.74) is 0. The minimum atomic E-state index is -1.01. The fraction of sp³-hybridized carbons (Fsp3) is 1.00. The predicted molar refractivity (Wildman–Crippen MR) is 95.2 cm³/mol. The fourth-order valence-corrected chi connectivity index (χ4v) is 5.83. The van der Waals surface area contributed by atoms with Crippen LogP contribution in [-0.2, 0) is 18.9 Å². The van der Waals surface area contributed by atoms with Gasteiger partial charge in [-0.15, -0.1) is 0 Å². The molecular formula is C17H38O4Si. The van der Waals surface area contributed by atoms with Crippen LogP contribution in [0.15, 0.2) is 0 Å². The molecule has 4 nitrogen and oxygen atoms in total. The third-order valence-electron chi connectivity index (χ3n) is 3.68. The average Bonchev–Trinajstić information content (AvgIpc) is 2.48. The summed E-state index contributed by atoms with van der Waals surface area (Å²) in [6.45, 7) is 13.2. The van der Waals surface area contributed by atoms with Crippen LogP contribution in [0.3, 0.4) is 0 Å². The maximum absolute atomic E-state index is 5.75. The van der Waals surface area contributed by atoms with Gasteiger partial charge in [-0.1, -0.05) is 32.2 Å². The first-order valence-electron chi connectivity index (χ1n) is 9.17. The van der Waals surface area contributed by atoms with E-state index >= 15 is 0 Å². The summed E-state index contributed by atoms with van der Waals surface area (Å²) in [4.78, 5) is 0. The van der Waals surface area contributed by atoms with Gasteiger partial charge in [-0.25, -0.2) is 0 Å². The Hall–Kier alpha value is 0.0569. The van der Waals surface area contributed by atoms with Crippen molar-refractivity contribution in [1.29, 1.82) is 0 Å². The molecule has 0 fully saturated rings. The standard InChI is InChI=1S/C17H38O4Si/c1-6-11-12-13-22(14-16(18-7-2)19-8-3)15-17(20-9-4)21-10-5/h16-17,22H,6-15H2,1-5H3. The molecule has 0 aromatic rings. The van der Waals surface area contributed by atoms with Gasteiger partial charge in [-0.2, -0.15) is 0 Å². The lowest BCUT2D eigenvalue weighted by molar-refractivity contribution is -0.128. The van der Waals surface area contributed by atoms with Gasteiger partial charge in [0.15, 0.2) is 12.6 Å². The zero-order chi connectivity index (χ0) is 16.6. The van der Waals surface area contributed by atoms with Crippen molar-refractivity contribution in [2.75, 3.05) is 26.4 Å². The van der Waals surface area contributed by atoms with Crippen molar-refractivity contribution in [3.8, 4) is 0 Å². The van der Waals surface area contributed by atoms with Gasteiger partial charge >= 0.3 is 0 Å². The molecule has 0 aliphatic rings. The fourth-order valence-electron chi connectivity index (χ4n) is 2.67. The molecule has 0 aromatic carbocycles. The molecule has 5 heteroatoms. The van der Waals surface area contributed by atoms with Gasteiger partial charge in [0.05, 0.1) is 0 Å². The van der Waals surface area contributed by atoms with E-state index in [4.69, 9.17) is 18.9 Å². The zero-order valence-corrected chi connectivity index (χ0v) is 16.6. The highest BCUT2D eigenvalue weighted by Crippen LogP contribution is 2.19. The largest absolute Gasteiger partial charge is 0.353 e. The van der Waals surface area contributed by atoms with Crippen LogP contribution in [0, 0.1) is 0 Å². The summed E-state index contributed by atoms with van der Waals surface area (Å²) in [7, 11) is -1.01. The Kier molecular flexibility index (Phi) is 16.0. The highest BCUT2D eigenvalue weighted by Gasteiger charge is 2.23. The first kappa shape index (κ1) is 22.1. The molecule has 0 rings (SSSR count). The first-order chi connectivity index (χ1) is 10.7. The lowest BCUT2D eigenvalue weighted by atomic mass is 10.3. The monoisotopic (exact) mass is 334 g/mol. The number of rotatable bonds is 16. The van der Waals surface area contributed by atoms with Crippen LogP contribution in [0.5, 0.6) is 0 Å². The van der Waals surface area contributed by atoms with E-state index < -0.39 is 8.80 Å². The molecule has 0 spiro atoms. The molecule has 0 bridgehead atoms. The van der Waals surface area contributed by atoms with Crippen LogP contribution in [0.4, 0.5) is 0 Å². The first-order valence-corrected chi connectivity index (χ1v) is 11.6. The van der Waals surface area contributed by atoms with Gasteiger partial charge in [-0.05, 0) is 39.8 Å². The van der Waals surface area contributed by atoms with Gasteiger partial charge in [0, 0.05) is 35.2 Å². The van der Waals surface area contributed by atoms with Crippen molar-refractivity contribution in [3.05, 3.63) is 0 Å². The summed E-state index contributed by atoms with van der Waals surface area (Å²) in [5.74, 6) is 0. The highest BCUT2D eigenvalue weighted by molar-refractivity contribution is 6.59. The Morgan fingerprint density at radius 1 is 0.636 bits per heavy atom. The van der Waals surface area contributed by atoms with Crippen molar-refractivity contribution in [2.24, 2.45) is 0 Å². The molecule has 0 aliphatic carbocycles. The van der Waals surface area contributed by atoms with E-state index in [1.165, 1.54) is 25.3 Å². The molecule has 0 saturated heterocycles. The average molecular weight is 335 g/mol. The van der Waals surface area contributed by atoms with Crippen molar-refractivity contribution >= 4 is 8.80 Å². The Bertz CT molecular complexity index is 199. The van der Waals surface area contributed by atoms with Crippen molar-refractivity contribution in [3.63, 3.8) is 0 Å². The quantitative estimate of drug-likeness (QED) is 0.241. The Balaban J connectivity index is 4.54. The molecule has 0 heterocycles. The summed E-state index contributed by atoms with van der Waals surface area (Å²) < 4.78 is 23.0. The molecule has 0 amide bonds. The number of ether oxygens (including phenoxy) is 4. The summed E-state index contributed by atoms with van der Waals surface area (Å²) in [6, 6.07) is 3.44. The van der Waals surface area contributed by atoms with Gasteiger partial charge in [0.25, 0.3) is 0 Å². The number of unbranched alkanes of at least 4 members (excludes halogenated alkanes) is 2. The summed E-state index contributed by atoms with van der Waals surface area (Å²) in [5, 5.41) is 0. The SMILES string of the molecule is CCCCC[SiH](CC(OCC)OCC)CC(OCC)OCC. The molecule has 0 atom stereocenters. The lowest BCUT2D eigenvalue weighted by Crippen LogP contribution is -2.31. The normalized spacial score (nSPS) is 12.0. The van der Waals surface area contributed by atoms with Gasteiger partial charge in [0.2, 0.25) is 0 Å². The Labute approximate surface area is 139 Å². The predicted octanol–water partition coefficient (Wildman–Crippen LogP) is 4.20. The lowest BCUT2D eigenvalue weighted by Gasteiger charge is -2.26. The Morgan fingerprint density at radius 2 is 1.05 bits per heavy atom. The zero-order valence-electron chi connectivity index (χ0n) is 15.4. The maximum atomic E-state index is 5.75. The van der Waals surface area contributed by atoms with E-state index in [1.807, 2.05) is 27.7 Å². The molecular weight excluding hydrogens is 296 g/mol. The molecule has 22 heavy (non-hydrogen) atoms. The van der Waals surface area contributed by atoms with Crippen LogP contribution in [0.25, 0.3) is 0 Å². The van der Waals surface area contributed by atoms with E-state index in [-0.39, 0.29) is 12.6 Å². The molecule has 0 unspecified atom stereocenters. The van der Waals surface area contributed by atoms with E-state index in [0.29, 0.717) is 26.4 Å². The van der Waals surface area contributed by atoms with Crippen molar-refractivity contribution in [2.45, 2.75) is 84.6 Å². The second kappa shape index (κ2) is 15.9. The molecule has 134 valence electrons. The molecule has 0 saturated carbocycles. The van der Waals surface area contributed by atoms with Crippen LogP contribution >= 0.6 is 0 Å². The third kappa shape index (κ3) is 11.6. The summed E-state index contributed by atoms with van der Waals surface area (Å²) >= 11 is 0. The molecule has 0 radical (unpaired) electrons. The second-order valence-electron chi connectivity index (χ2n) is 5.51. The highest BCUT2D eigenvalue weighted by atomic mass is 28.3. The Morgan fingerprint density at radius 3 is 1.36 bits per heavy atom. The third-order valence-corrected chi connectivity index (χ3v) is 7.01. The minimum absolute atomic E-state index is 0.0443. The van der Waals surface area contributed by atoms with Crippen LogP contribution in [-0.4, -0.2) is 47.8 Å². The van der Waals surface area contributed by atoms with Gasteiger partial charge in [-0.3, -0.25) is 0 Å². The number of hydrogen-bond donors (Lipinski definition) is 0. The maximum Gasteiger partial charge on any atom is 0.154 e. The topological polar surface area (TPSA) is 36.9 Å². The van der Waals surface area contributed by atoms with E-state index in [9.17, 15) is 0 Å². The van der Waals surface area contributed by atoms with Gasteiger partial charge in [0.1, 0.15) is 0 Å². The molecule has 0 aromatic heterocycles. The number of hydrogen-bond acceptors (Lipinski definition) is 4. The van der Waals surface area contributed by atoms with Crippen LogP contribution in [0.1, 0.15) is 53.9 Å². The van der Waals surface area contributed by atoms with Crippen molar-refractivity contribution in [1.82, 2.24) is 0 Å².